The molecule has 0 bridgehead atoms. The quantitative estimate of drug-likeness (QED) is 0.294. The maximum absolute atomic E-state index is 5.11. The van der Waals surface area contributed by atoms with Crippen molar-refractivity contribution in [3.8, 4) is 22.4 Å². The van der Waals surface area contributed by atoms with E-state index in [2.05, 4.69) is 95.4 Å². The summed E-state index contributed by atoms with van der Waals surface area (Å²) in [7, 11) is 0. The molecule has 31 heavy (non-hydrogen) atoms. The molecule has 1 aliphatic carbocycles. The summed E-state index contributed by atoms with van der Waals surface area (Å²) in [6, 6.07) is 20.6. The minimum absolute atomic E-state index is 0.499. The van der Waals surface area contributed by atoms with Gasteiger partial charge in [0.1, 0.15) is 0 Å². The molecule has 0 unspecified atom stereocenters. The average Bonchev–Trinajstić information content (AvgIpc) is 3.11. The van der Waals surface area contributed by atoms with Crippen molar-refractivity contribution >= 4 is 10.8 Å². The van der Waals surface area contributed by atoms with Gasteiger partial charge in [-0.05, 0) is 88.1 Å². The van der Waals surface area contributed by atoms with Gasteiger partial charge in [-0.15, -0.1) is 0 Å². The summed E-state index contributed by atoms with van der Waals surface area (Å²) < 4.78 is 0. The molecule has 1 aliphatic rings. The van der Waals surface area contributed by atoms with E-state index in [1.54, 1.807) is 0 Å². The number of rotatable bonds is 4. The highest BCUT2D eigenvalue weighted by Gasteiger charge is 2.24. The molecule has 0 aliphatic heterocycles. The van der Waals surface area contributed by atoms with Gasteiger partial charge in [0.2, 0.25) is 0 Å². The Morgan fingerprint density at radius 3 is 2.39 bits per heavy atom. The van der Waals surface area contributed by atoms with Crippen molar-refractivity contribution in [2.75, 3.05) is 0 Å². The van der Waals surface area contributed by atoms with Gasteiger partial charge in [-0.1, -0.05) is 70.2 Å². The number of nitrogens with zero attached hydrogens (tertiary/aromatic N) is 1. The van der Waals surface area contributed by atoms with Crippen LogP contribution in [0, 0.1) is 12.8 Å². The van der Waals surface area contributed by atoms with E-state index in [0.717, 1.165) is 18.5 Å². The van der Waals surface area contributed by atoms with Crippen LogP contribution in [0.4, 0.5) is 0 Å². The Labute approximate surface area is 186 Å². The summed E-state index contributed by atoms with van der Waals surface area (Å²) in [4.78, 5) is 5.11. The number of hydrogen-bond donors (Lipinski definition) is 0. The molecule has 156 valence electrons. The summed E-state index contributed by atoms with van der Waals surface area (Å²) >= 11 is 0. The van der Waals surface area contributed by atoms with Gasteiger partial charge < -0.3 is 0 Å². The zero-order valence-corrected chi connectivity index (χ0v) is 19.3. The van der Waals surface area contributed by atoms with Crippen molar-refractivity contribution in [2.45, 2.75) is 53.4 Å². The molecule has 5 rings (SSSR count). The zero-order chi connectivity index (χ0) is 21.7. The van der Waals surface area contributed by atoms with E-state index in [1.807, 2.05) is 0 Å². The molecule has 0 radical (unpaired) electrons. The molecule has 0 saturated heterocycles. The molecule has 0 atom stereocenters. The first-order chi connectivity index (χ1) is 14.9. The second-order valence-corrected chi connectivity index (χ2v) is 9.86. The van der Waals surface area contributed by atoms with Crippen LogP contribution in [-0.2, 0) is 12.8 Å². The van der Waals surface area contributed by atoms with Crippen LogP contribution in [0.15, 0.2) is 60.8 Å². The lowest BCUT2D eigenvalue weighted by Crippen LogP contribution is -2.00. The van der Waals surface area contributed by atoms with Crippen LogP contribution in [0.3, 0.4) is 0 Å². The maximum atomic E-state index is 5.11. The highest BCUT2D eigenvalue weighted by atomic mass is 14.7. The second-order valence-electron chi connectivity index (χ2n) is 9.86. The van der Waals surface area contributed by atoms with E-state index in [9.17, 15) is 0 Å². The summed E-state index contributed by atoms with van der Waals surface area (Å²) in [6.45, 7) is 11.3. The van der Waals surface area contributed by atoms with Crippen LogP contribution < -0.4 is 0 Å². The van der Waals surface area contributed by atoms with Gasteiger partial charge in [0.15, 0.2) is 0 Å². The monoisotopic (exact) mass is 405 g/mol. The third-order valence-electron chi connectivity index (χ3n) is 6.61. The van der Waals surface area contributed by atoms with Crippen LogP contribution >= 0.6 is 0 Å². The predicted molar refractivity (Wildman–Crippen MR) is 133 cm³/mol. The van der Waals surface area contributed by atoms with Gasteiger partial charge >= 0.3 is 0 Å². The van der Waals surface area contributed by atoms with Gasteiger partial charge in [-0.3, -0.25) is 4.98 Å². The number of benzene rings is 3. The summed E-state index contributed by atoms with van der Waals surface area (Å²) in [6.07, 6.45) is 4.17. The van der Waals surface area contributed by atoms with E-state index >= 15 is 0 Å². The average molecular weight is 406 g/mol. The first-order valence-corrected chi connectivity index (χ1v) is 11.6. The van der Waals surface area contributed by atoms with Gasteiger partial charge in [0, 0.05) is 17.1 Å². The van der Waals surface area contributed by atoms with E-state index in [4.69, 9.17) is 4.98 Å². The van der Waals surface area contributed by atoms with Crippen molar-refractivity contribution in [2.24, 2.45) is 5.92 Å². The first-order valence-electron chi connectivity index (χ1n) is 11.6. The fraction of sp³-hybridized carbons (Fsp3) is 0.300. The Kier molecular flexibility index (Phi) is 4.93. The second kappa shape index (κ2) is 7.64. The lowest BCUT2D eigenvalue weighted by Gasteiger charge is -2.17. The fourth-order valence-electron chi connectivity index (χ4n) is 5.08. The van der Waals surface area contributed by atoms with Crippen LogP contribution in [0.1, 0.15) is 61.4 Å². The van der Waals surface area contributed by atoms with Gasteiger partial charge in [0.05, 0.1) is 5.69 Å². The van der Waals surface area contributed by atoms with Gasteiger partial charge in [-0.2, -0.15) is 0 Å². The van der Waals surface area contributed by atoms with Crippen LogP contribution in [0.5, 0.6) is 0 Å². The molecule has 4 aromatic rings. The predicted octanol–water partition coefficient (Wildman–Crippen LogP) is 8.10. The molecular formula is C30H31N. The number of aromatic nitrogens is 1. The third-order valence-corrected chi connectivity index (χ3v) is 6.61. The topological polar surface area (TPSA) is 12.9 Å². The number of fused-ring (bicyclic) bond motifs is 4. The maximum Gasteiger partial charge on any atom is 0.0783 e. The molecule has 1 nitrogen and oxygen atoms in total. The summed E-state index contributed by atoms with van der Waals surface area (Å²) in [5.41, 5.74) is 12.1. The Bertz CT molecular complexity index is 1290. The van der Waals surface area contributed by atoms with Crippen LogP contribution in [0.2, 0.25) is 0 Å². The Hall–Kier alpha value is -2.93. The van der Waals surface area contributed by atoms with Crippen molar-refractivity contribution in [1.82, 2.24) is 4.98 Å². The normalized spacial score (nSPS) is 12.6. The van der Waals surface area contributed by atoms with Crippen molar-refractivity contribution in [1.29, 1.82) is 0 Å². The SMILES string of the molecule is Cc1cc2c(c(-c3ncc(CC(C)C)c4ccc(C(C)C)cc34)c1)Cc1ccccc1-2. The molecule has 0 saturated carbocycles. The molecule has 0 amide bonds. The Balaban J connectivity index is 1.78. The van der Waals surface area contributed by atoms with E-state index < -0.39 is 0 Å². The highest BCUT2D eigenvalue weighted by Crippen LogP contribution is 2.43. The molecular weight excluding hydrogens is 374 g/mol. The van der Waals surface area contributed by atoms with E-state index in [1.165, 1.54) is 55.3 Å². The summed E-state index contributed by atoms with van der Waals surface area (Å²) in [5.74, 6) is 1.11. The highest BCUT2D eigenvalue weighted by molar-refractivity contribution is 5.99. The minimum atomic E-state index is 0.499. The van der Waals surface area contributed by atoms with E-state index in [-0.39, 0.29) is 0 Å². The molecule has 0 N–H and O–H groups in total. The van der Waals surface area contributed by atoms with Crippen molar-refractivity contribution in [3.05, 3.63) is 88.6 Å². The Morgan fingerprint density at radius 1 is 0.839 bits per heavy atom. The van der Waals surface area contributed by atoms with Crippen molar-refractivity contribution < 1.29 is 0 Å². The zero-order valence-electron chi connectivity index (χ0n) is 19.3. The molecule has 1 heteroatoms. The van der Waals surface area contributed by atoms with Crippen LogP contribution in [-0.4, -0.2) is 4.98 Å². The standard InChI is InChI=1S/C30H31N/c1-18(2)12-23-17-31-30(29-15-21(19(3)4)10-11-25(23)29)28-14-20(5)13-26-24-9-7-6-8-22(24)16-27(26)28/h6-11,13-15,17-19H,12,16H2,1-5H3. The largest absolute Gasteiger partial charge is 0.255 e. The molecule has 3 aromatic carbocycles. The number of pyridine rings is 1. The smallest absolute Gasteiger partial charge is 0.0783 e. The number of hydrogen-bond acceptors (Lipinski definition) is 1. The van der Waals surface area contributed by atoms with Crippen LogP contribution in [0.25, 0.3) is 33.2 Å². The van der Waals surface area contributed by atoms with Gasteiger partial charge in [0.25, 0.3) is 0 Å². The van der Waals surface area contributed by atoms with E-state index in [0.29, 0.717) is 11.8 Å². The molecule has 0 fully saturated rings. The molecule has 1 aromatic heterocycles. The first kappa shape index (κ1) is 20.0. The Morgan fingerprint density at radius 2 is 1.61 bits per heavy atom. The lowest BCUT2D eigenvalue weighted by atomic mass is 9.90. The summed E-state index contributed by atoms with van der Waals surface area (Å²) in [5, 5.41) is 2.65. The van der Waals surface area contributed by atoms with Gasteiger partial charge in [-0.25, -0.2) is 0 Å². The third kappa shape index (κ3) is 3.47. The van der Waals surface area contributed by atoms with Crippen molar-refractivity contribution in [3.63, 3.8) is 0 Å². The molecule has 0 spiro atoms. The lowest BCUT2D eigenvalue weighted by molar-refractivity contribution is 0.649. The minimum Gasteiger partial charge on any atom is -0.255 e. The number of aryl methyl sites for hydroxylation is 1. The fourth-order valence-corrected chi connectivity index (χ4v) is 5.08. The molecule has 1 heterocycles.